The van der Waals surface area contributed by atoms with Crippen molar-refractivity contribution in [3.63, 3.8) is 0 Å². The van der Waals surface area contributed by atoms with Crippen LogP contribution in [0.5, 0.6) is 0 Å². The average molecular weight is 273 g/mol. The van der Waals surface area contributed by atoms with Crippen LogP contribution in [0.3, 0.4) is 0 Å². The van der Waals surface area contributed by atoms with Crippen LogP contribution in [0.15, 0.2) is 85.0 Å². The van der Waals surface area contributed by atoms with E-state index in [0.717, 1.165) is 5.56 Å². The summed E-state index contributed by atoms with van der Waals surface area (Å²) in [4.78, 5) is 0. The highest BCUT2D eigenvalue weighted by atomic mass is 14.2. The quantitative estimate of drug-likeness (QED) is 0.535. The van der Waals surface area contributed by atoms with Crippen molar-refractivity contribution in [2.45, 2.75) is 6.92 Å². The molecule has 0 aliphatic heterocycles. The molecule has 0 aliphatic carbocycles. The van der Waals surface area contributed by atoms with Gasteiger partial charge < -0.3 is 0 Å². The topological polar surface area (TPSA) is 23.8 Å². The van der Waals surface area contributed by atoms with Crippen molar-refractivity contribution in [2.24, 2.45) is 0 Å². The second kappa shape index (κ2) is 10.00. The predicted molar refractivity (Wildman–Crippen MR) is 91.4 cm³/mol. The molecule has 0 spiro atoms. The van der Waals surface area contributed by atoms with E-state index in [1.54, 1.807) is 13.0 Å². The fourth-order valence-corrected chi connectivity index (χ4v) is 1.49. The highest BCUT2D eigenvalue weighted by Crippen LogP contribution is 2.01. The fourth-order valence-electron chi connectivity index (χ4n) is 1.49. The Hall–Kier alpha value is -2.85. The van der Waals surface area contributed by atoms with Crippen LogP contribution in [0, 0.1) is 11.3 Å². The molecule has 0 unspecified atom stereocenters. The van der Waals surface area contributed by atoms with Crippen LogP contribution < -0.4 is 0 Å². The summed E-state index contributed by atoms with van der Waals surface area (Å²) in [6.45, 7) is 5.42. The van der Waals surface area contributed by atoms with Gasteiger partial charge in [-0.3, -0.25) is 0 Å². The third-order valence-corrected chi connectivity index (χ3v) is 2.65. The van der Waals surface area contributed by atoms with E-state index in [9.17, 15) is 0 Å². The normalized spacial score (nSPS) is 10.4. The fraction of sp³-hybridized carbons (Fsp3) is 0.0500. The van der Waals surface area contributed by atoms with Crippen molar-refractivity contribution in [1.82, 2.24) is 0 Å². The maximum absolute atomic E-state index is 8.48. The molecule has 104 valence electrons. The number of nitrogens with zero attached hydrogens (tertiary/aromatic N) is 1. The second-order valence-electron chi connectivity index (χ2n) is 4.35. The molecular formula is C20H19N. The van der Waals surface area contributed by atoms with Gasteiger partial charge in [-0.1, -0.05) is 85.5 Å². The molecule has 0 saturated carbocycles. The van der Waals surface area contributed by atoms with Crippen molar-refractivity contribution in [1.29, 1.82) is 5.26 Å². The molecule has 0 radical (unpaired) electrons. The van der Waals surface area contributed by atoms with E-state index < -0.39 is 0 Å². The lowest BCUT2D eigenvalue weighted by Gasteiger charge is -1.88. The van der Waals surface area contributed by atoms with Crippen LogP contribution >= 0.6 is 0 Å². The summed E-state index contributed by atoms with van der Waals surface area (Å²) >= 11 is 0. The van der Waals surface area contributed by atoms with Crippen LogP contribution in [-0.2, 0) is 0 Å². The van der Waals surface area contributed by atoms with Gasteiger partial charge in [0.05, 0.1) is 6.07 Å². The molecule has 0 amide bonds. The van der Waals surface area contributed by atoms with Gasteiger partial charge in [-0.05, 0) is 24.1 Å². The summed E-state index contributed by atoms with van der Waals surface area (Å²) in [6.07, 6.45) is 7.49. The molecule has 2 rings (SSSR count). The summed E-state index contributed by atoms with van der Waals surface area (Å²) in [7, 11) is 0. The standard InChI is InChI=1S/C12H11N.C8H8/c1-11(10-13)6-5-9-12-7-3-2-4-8-12;1-2-8-6-4-3-5-7-8/h2-9H,1H3;2-7H,1H2. The first kappa shape index (κ1) is 16.2. The molecule has 1 heteroatoms. The molecule has 21 heavy (non-hydrogen) atoms. The highest BCUT2D eigenvalue weighted by molar-refractivity contribution is 5.51. The van der Waals surface area contributed by atoms with Crippen molar-refractivity contribution in [3.05, 3.63) is 96.1 Å². The Morgan fingerprint density at radius 3 is 1.90 bits per heavy atom. The van der Waals surface area contributed by atoms with E-state index in [0.29, 0.717) is 5.57 Å². The predicted octanol–water partition coefficient (Wildman–Crippen LogP) is 5.50. The largest absolute Gasteiger partial charge is 0.193 e. The molecule has 1 nitrogen and oxygen atoms in total. The molecule has 0 N–H and O–H groups in total. The minimum Gasteiger partial charge on any atom is -0.193 e. The van der Waals surface area contributed by atoms with Crippen molar-refractivity contribution >= 4 is 12.2 Å². The average Bonchev–Trinajstić information content (AvgIpc) is 2.57. The smallest absolute Gasteiger partial charge is 0.0944 e. The van der Waals surface area contributed by atoms with Crippen LogP contribution in [0.2, 0.25) is 0 Å². The first-order chi connectivity index (χ1) is 10.3. The van der Waals surface area contributed by atoms with E-state index in [1.807, 2.05) is 78.9 Å². The maximum atomic E-state index is 8.48. The first-order valence-electron chi connectivity index (χ1n) is 6.74. The van der Waals surface area contributed by atoms with Crippen LogP contribution in [0.1, 0.15) is 18.1 Å². The first-order valence-corrected chi connectivity index (χ1v) is 6.74. The Balaban J connectivity index is 0.000000235. The summed E-state index contributed by atoms with van der Waals surface area (Å²) in [5, 5.41) is 8.48. The highest BCUT2D eigenvalue weighted by Gasteiger charge is 1.81. The molecule has 0 bridgehead atoms. The lowest BCUT2D eigenvalue weighted by atomic mass is 10.2. The molecule has 0 atom stereocenters. The molecule has 0 heterocycles. The van der Waals surface area contributed by atoms with Gasteiger partial charge in [-0.2, -0.15) is 5.26 Å². The van der Waals surface area contributed by atoms with Gasteiger partial charge in [0, 0.05) is 5.57 Å². The number of hydrogen-bond donors (Lipinski definition) is 0. The number of allylic oxidation sites excluding steroid dienone is 3. The number of rotatable bonds is 3. The van der Waals surface area contributed by atoms with Crippen LogP contribution in [-0.4, -0.2) is 0 Å². The Morgan fingerprint density at radius 2 is 1.48 bits per heavy atom. The Morgan fingerprint density at radius 1 is 0.952 bits per heavy atom. The Bertz CT molecular complexity index is 629. The molecule has 0 aliphatic rings. The van der Waals surface area contributed by atoms with Crippen LogP contribution in [0.25, 0.3) is 12.2 Å². The van der Waals surface area contributed by atoms with E-state index in [2.05, 4.69) is 12.6 Å². The van der Waals surface area contributed by atoms with Gasteiger partial charge in [0.1, 0.15) is 0 Å². The Kier molecular flexibility index (Phi) is 7.72. The molecule has 0 saturated heterocycles. The van der Waals surface area contributed by atoms with Gasteiger partial charge in [-0.25, -0.2) is 0 Å². The minimum atomic E-state index is 0.715. The third kappa shape index (κ3) is 7.34. The van der Waals surface area contributed by atoms with Crippen LogP contribution in [0.4, 0.5) is 0 Å². The molecule has 2 aromatic rings. The van der Waals surface area contributed by atoms with E-state index >= 15 is 0 Å². The van der Waals surface area contributed by atoms with Crippen molar-refractivity contribution in [3.8, 4) is 6.07 Å². The molecule has 2 aromatic carbocycles. The van der Waals surface area contributed by atoms with Gasteiger partial charge in [0.25, 0.3) is 0 Å². The third-order valence-electron chi connectivity index (χ3n) is 2.65. The zero-order valence-electron chi connectivity index (χ0n) is 12.2. The summed E-state index contributed by atoms with van der Waals surface area (Å²) in [5.41, 5.74) is 3.03. The lowest BCUT2D eigenvalue weighted by Crippen LogP contribution is -1.68. The van der Waals surface area contributed by atoms with Crippen molar-refractivity contribution < 1.29 is 0 Å². The summed E-state index contributed by atoms with van der Waals surface area (Å²) in [5.74, 6) is 0. The number of hydrogen-bond acceptors (Lipinski definition) is 1. The van der Waals surface area contributed by atoms with Gasteiger partial charge in [0.15, 0.2) is 0 Å². The molecule has 0 aromatic heterocycles. The van der Waals surface area contributed by atoms with Gasteiger partial charge in [0.2, 0.25) is 0 Å². The summed E-state index contributed by atoms with van der Waals surface area (Å²) < 4.78 is 0. The Labute approximate surface area is 127 Å². The van der Waals surface area contributed by atoms with E-state index in [4.69, 9.17) is 5.26 Å². The molecular weight excluding hydrogens is 254 g/mol. The van der Waals surface area contributed by atoms with Gasteiger partial charge in [-0.15, -0.1) is 0 Å². The number of benzene rings is 2. The minimum absolute atomic E-state index is 0.715. The monoisotopic (exact) mass is 273 g/mol. The zero-order valence-corrected chi connectivity index (χ0v) is 12.2. The van der Waals surface area contributed by atoms with E-state index in [-0.39, 0.29) is 0 Å². The zero-order chi connectivity index (χ0) is 15.3. The summed E-state index contributed by atoms with van der Waals surface area (Å²) in [6, 6.07) is 22.1. The second-order valence-corrected chi connectivity index (χ2v) is 4.35. The van der Waals surface area contributed by atoms with Crippen molar-refractivity contribution in [2.75, 3.05) is 0 Å². The van der Waals surface area contributed by atoms with Gasteiger partial charge >= 0.3 is 0 Å². The maximum Gasteiger partial charge on any atom is 0.0944 e. The SMILES string of the molecule is C=Cc1ccccc1.CC(C#N)=CC=Cc1ccccc1. The lowest BCUT2D eigenvalue weighted by molar-refractivity contribution is 1.44. The molecule has 0 fully saturated rings. The number of nitriles is 1. The van der Waals surface area contributed by atoms with E-state index in [1.165, 1.54) is 5.56 Å².